The lowest BCUT2D eigenvalue weighted by Crippen LogP contribution is -2.48. The first-order chi connectivity index (χ1) is 9.91. The van der Waals surface area contributed by atoms with Gasteiger partial charge in [0.2, 0.25) is 5.91 Å². The predicted molar refractivity (Wildman–Crippen MR) is 75.7 cm³/mol. The number of amides is 1. The van der Waals surface area contributed by atoms with Gasteiger partial charge >= 0.3 is 0 Å². The summed E-state index contributed by atoms with van der Waals surface area (Å²) in [5.74, 6) is -1.05. The lowest BCUT2D eigenvalue weighted by molar-refractivity contribution is -0.134. The Balaban J connectivity index is 1.78. The Morgan fingerprint density at radius 1 is 1.38 bits per heavy atom. The van der Waals surface area contributed by atoms with E-state index in [1.165, 1.54) is 12.1 Å². The second kappa shape index (κ2) is 5.05. The maximum atomic E-state index is 13.7. The molecule has 1 N–H and O–H groups in total. The van der Waals surface area contributed by atoms with Crippen molar-refractivity contribution in [2.75, 3.05) is 19.6 Å². The third-order valence-corrected chi connectivity index (χ3v) is 5.03. The third kappa shape index (κ3) is 2.33. The van der Waals surface area contributed by atoms with Gasteiger partial charge in [-0.3, -0.25) is 4.79 Å². The average molecular weight is 294 g/mol. The maximum Gasteiger partial charge on any atom is 0.227 e. The van der Waals surface area contributed by atoms with Gasteiger partial charge in [0, 0.05) is 30.7 Å². The minimum absolute atomic E-state index is 0.0834. The highest BCUT2D eigenvalue weighted by atomic mass is 19.2. The molecule has 0 bridgehead atoms. The van der Waals surface area contributed by atoms with Crippen molar-refractivity contribution in [3.63, 3.8) is 0 Å². The lowest BCUT2D eigenvalue weighted by Gasteiger charge is -2.35. The van der Waals surface area contributed by atoms with Crippen molar-refractivity contribution in [3.05, 3.63) is 35.4 Å². The first kappa shape index (κ1) is 14.4. The third-order valence-electron chi connectivity index (χ3n) is 5.03. The van der Waals surface area contributed by atoms with Crippen LogP contribution in [0.1, 0.15) is 19.4 Å². The summed E-state index contributed by atoms with van der Waals surface area (Å²) in [6.07, 6.45) is -0.0834. The van der Waals surface area contributed by atoms with Gasteiger partial charge in [-0.2, -0.15) is 0 Å². The Morgan fingerprint density at radius 3 is 2.86 bits per heavy atom. The number of nitrogens with one attached hydrogen (secondary N) is 1. The molecule has 1 amide bonds. The molecule has 1 aromatic rings. The van der Waals surface area contributed by atoms with E-state index in [9.17, 15) is 13.6 Å². The summed E-state index contributed by atoms with van der Waals surface area (Å²) < 4.78 is 27.0. The summed E-state index contributed by atoms with van der Waals surface area (Å²) in [7, 11) is 0. The molecule has 2 atom stereocenters. The molecule has 114 valence electrons. The molecule has 0 saturated carbocycles. The maximum absolute atomic E-state index is 13.7. The van der Waals surface area contributed by atoms with E-state index in [-0.39, 0.29) is 23.4 Å². The van der Waals surface area contributed by atoms with Crippen LogP contribution < -0.4 is 5.32 Å². The minimum Gasteiger partial charge on any atom is -0.337 e. The van der Waals surface area contributed by atoms with Crippen LogP contribution in [0.25, 0.3) is 0 Å². The SMILES string of the molecule is CC1(C)C2CNCC2CN1C(=O)Cc1cccc(F)c1F. The normalized spacial score (nSPS) is 27.0. The van der Waals surface area contributed by atoms with E-state index in [4.69, 9.17) is 0 Å². The molecule has 2 heterocycles. The molecule has 0 aromatic heterocycles. The summed E-state index contributed by atoms with van der Waals surface area (Å²) >= 11 is 0. The van der Waals surface area contributed by atoms with Crippen molar-refractivity contribution in [2.24, 2.45) is 11.8 Å². The topological polar surface area (TPSA) is 32.3 Å². The molecule has 3 rings (SSSR count). The molecule has 2 aliphatic rings. The van der Waals surface area contributed by atoms with Crippen molar-refractivity contribution < 1.29 is 13.6 Å². The zero-order valence-corrected chi connectivity index (χ0v) is 12.3. The average Bonchev–Trinajstić information content (AvgIpc) is 2.98. The number of halogens is 2. The zero-order chi connectivity index (χ0) is 15.2. The van der Waals surface area contributed by atoms with Gasteiger partial charge in [-0.25, -0.2) is 8.78 Å². The fourth-order valence-corrected chi connectivity index (χ4v) is 3.79. The van der Waals surface area contributed by atoms with Crippen LogP contribution >= 0.6 is 0 Å². The Kier molecular flexibility index (Phi) is 3.48. The van der Waals surface area contributed by atoms with E-state index in [1.807, 2.05) is 4.90 Å². The van der Waals surface area contributed by atoms with Gasteiger partial charge in [0.1, 0.15) is 0 Å². The molecule has 5 heteroatoms. The van der Waals surface area contributed by atoms with Crippen LogP contribution in [0, 0.1) is 23.5 Å². The van der Waals surface area contributed by atoms with E-state index >= 15 is 0 Å². The number of benzene rings is 1. The molecule has 3 nitrogen and oxygen atoms in total. The molecular formula is C16H20F2N2O. The Bertz CT molecular complexity index is 573. The van der Waals surface area contributed by atoms with E-state index in [0.29, 0.717) is 18.4 Å². The van der Waals surface area contributed by atoms with Crippen LogP contribution in [0.2, 0.25) is 0 Å². The number of carbonyl (C=O) groups excluding carboxylic acids is 1. The molecule has 2 saturated heterocycles. The number of fused-ring (bicyclic) bond motifs is 1. The molecule has 0 aliphatic carbocycles. The Morgan fingerprint density at radius 2 is 2.14 bits per heavy atom. The molecule has 2 fully saturated rings. The van der Waals surface area contributed by atoms with Gasteiger partial charge in [0.05, 0.1) is 6.42 Å². The summed E-state index contributed by atoms with van der Waals surface area (Å²) in [6.45, 7) is 6.65. The van der Waals surface area contributed by atoms with Gasteiger partial charge in [0.25, 0.3) is 0 Å². The Labute approximate surface area is 123 Å². The fraction of sp³-hybridized carbons (Fsp3) is 0.562. The van der Waals surface area contributed by atoms with Crippen molar-refractivity contribution in [3.8, 4) is 0 Å². The van der Waals surface area contributed by atoms with E-state index in [2.05, 4.69) is 19.2 Å². The van der Waals surface area contributed by atoms with Gasteiger partial charge < -0.3 is 10.2 Å². The van der Waals surface area contributed by atoms with Gasteiger partial charge in [-0.1, -0.05) is 12.1 Å². The highest BCUT2D eigenvalue weighted by Gasteiger charge is 2.51. The molecule has 2 unspecified atom stereocenters. The standard InChI is InChI=1S/C16H20F2N2O/c1-16(2)12-8-19-7-11(12)9-20(16)14(21)6-10-4-3-5-13(17)15(10)18/h3-5,11-12,19H,6-9H2,1-2H3. The summed E-state index contributed by atoms with van der Waals surface area (Å²) in [5, 5.41) is 3.36. The van der Waals surface area contributed by atoms with Crippen molar-refractivity contribution >= 4 is 5.91 Å². The van der Waals surface area contributed by atoms with Crippen LogP contribution in [0.4, 0.5) is 8.78 Å². The second-order valence-corrected chi connectivity index (χ2v) is 6.57. The molecule has 0 spiro atoms. The lowest BCUT2D eigenvalue weighted by atomic mass is 9.85. The number of hydrogen-bond donors (Lipinski definition) is 1. The van der Waals surface area contributed by atoms with Gasteiger partial charge in [0.15, 0.2) is 11.6 Å². The predicted octanol–water partition coefficient (Wildman–Crippen LogP) is 1.96. The van der Waals surface area contributed by atoms with Crippen LogP contribution in [0.3, 0.4) is 0 Å². The minimum atomic E-state index is -0.912. The van der Waals surface area contributed by atoms with Crippen LogP contribution in [0.5, 0.6) is 0 Å². The van der Waals surface area contributed by atoms with Gasteiger partial charge in [-0.15, -0.1) is 0 Å². The van der Waals surface area contributed by atoms with Crippen LogP contribution in [0.15, 0.2) is 18.2 Å². The Hall–Kier alpha value is -1.49. The van der Waals surface area contributed by atoms with Crippen molar-refractivity contribution in [1.29, 1.82) is 0 Å². The number of likely N-dealkylation sites (tertiary alicyclic amines) is 1. The van der Waals surface area contributed by atoms with Crippen LogP contribution in [-0.4, -0.2) is 36.0 Å². The summed E-state index contributed by atoms with van der Waals surface area (Å²) in [4.78, 5) is 14.4. The molecule has 2 aliphatic heterocycles. The largest absolute Gasteiger partial charge is 0.337 e. The van der Waals surface area contributed by atoms with Crippen molar-refractivity contribution in [2.45, 2.75) is 25.8 Å². The number of carbonyl (C=O) groups is 1. The van der Waals surface area contributed by atoms with E-state index in [1.54, 1.807) is 0 Å². The van der Waals surface area contributed by atoms with E-state index in [0.717, 1.165) is 19.2 Å². The van der Waals surface area contributed by atoms with Gasteiger partial charge in [-0.05, 0) is 31.7 Å². The molecule has 0 radical (unpaired) electrons. The number of rotatable bonds is 2. The first-order valence-corrected chi connectivity index (χ1v) is 7.35. The number of nitrogens with zero attached hydrogens (tertiary/aromatic N) is 1. The summed E-state index contributed by atoms with van der Waals surface area (Å²) in [5.41, 5.74) is -0.110. The zero-order valence-electron chi connectivity index (χ0n) is 12.3. The van der Waals surface area contributed by atoms with E-state index < -0.39 is 11.6 Å². The summed E-state index contributed by atoms with van der Waals surface area (Å²) in [6, 6.07) is 3.98. The number of hydrogen-bond acceptors (Lipinski definition) is 2. The highest BCUT2D eigenvalue weighted by Crippen LogP contribution is 2.40. The smallest absolute Gasteiger partial charge is 0.227 e. The fourth-order valence-electron chi connectivity index (χ4n) is 3.79. The van der Waals surface area contributed by atoms with Crippen LogP contribution in [-0.2, 0) is 11.2 Å². The highest BCUT2D eigenvalue weighted by molar-refractivity contribution is 5.80. The molecule has 1 aromatic carbocycles. The quantitative estimate of drug-likeness (QED) is 0.904. The monoisotopic (exact) mass is 294 g/mol. The molecule has 21 heavy (non-hydrogen) atoms. The molecular weight excluding hydrogens is 274 g/mol. The first-order valence-electron chi connectivity index (χ1n) is 7.35. The van der Waals surface area contributed by atoms with Crippen molar-refractivity contribution in [1.82, 2.24) is 10.2 Å². The second-order valence-electron chi connectivity index (χ2n) is 6.57.